The van der Waals surface area contributed by atoms with Crippen LogP contribution in [0.5, 0.6) is 0 Å². The van der Waals surface area contributed by atoms with E-state index >= 15 is 0 Å². The number of nitrogens with one attached hydrogen (secondary N) is 2. The first-order chi connectivity index (χ1) is 7.16. The topological polar surface area (TPSA) is 33.3 Å². The van der Waals surface area contributed by atoms with Gasteiger partial charge in [0.1, 0.15) is 0 Å². The van der Waals surface area contributed by atoms with Gasteiger partial charge in [-0.15, -0.1) is 0 Å². The van der Waals surface area contributed by atoms with E-state index in [4.69, 9.17) is 4.74 Å². The van der Waals surface area contributed by atoms with E-state index in [-0.39, 0.29) is 0 Å². The zero-order valence-corrected chi connectivity index (χ0v) is 10.8. The van der Waals surface area contributed by atoms with E-state index in [0.717, 1.165) is 32.2 Å². The van der Waals surface area contributed by atoms with Crippen LogP contribution < -0.4 is 10.6 Å². The van der Waals surface area contributed by atoms with Crippen molar-refractivity contribution in [1.82, 2.24) is 10.6 Å². The predicted octanol–water partition coefficient (Wildman–Crippen LogP) is 1.64. The molecule has 0 aliphatic rings. The fraction of sp³-hybridized carbons (Fsp3) is 1.00. The normalized spacial score (nSPS) is 13.4. The van der Waals surface area contributed by atoms with Crippen LogP contribution >= 0.6 is 0 Å². The van der Waals surface area contributed by atoms with E-state index in [9.17, 15) is 0 Å². The van der Waals surface area contributed by atoms with Crippen molar-refractivity contribution < 1.29 is 4.74 Å². The molecule has 3 heteroatoms. The highest BCUT2D eigenvalue weighted by Gasteiger charge is 2.00. The maximum atomic E-state index is 4.97. The molecule has 0 rings (SSSR count). The Morgan fingerprint density at radius 2 is 1.87 bits per heavy atom. The zero-order valence-electron chi connectivity index (χ0n) is 10.8. The summed E-state index contributed by atoms with van der Waals surface area (Å²) in [6, 6.07) is 0.550. The number of hydrogen-bond donors (Lipinski definition) is 2. The average molecular weight is 216 g/mol. The number of hydrogen-bond acceptors (Lipinski definition) is 3. The molecule has 0 bridgehead atoms. The molecule has 0 aromatic heterocycles. The summed E-state index contributed by atoms with van der Waals surface area (Å²) in [7, 11) is 1.73. The second kappa shape index (κ2) is 10.4. The van der Waals surface area contributed by atoms with Gasteiger partial charge in [-0.3, -0.25) is 0 Å². The Bertz CT molecular complexity index is 129. The first-order valence-electron chi connectivity index (χ1n) is 6.09. The summed E-state index contributed by atoms with van der Waals surface area (Å²) in [6.45, 7) is 10.6. The van der Waals surface area contributed by atoms with Gasteiger partial charge in [0.05, 0.1) is 6.61 Å². The summed E-state index contributed by atoms with van der Waals surface area (Å²) in [5, 5.41) is 6.86. The molecule has 0 aromatic rings. The average Bonchev–Trinajstić information content (AvgIpc) is 2.19. The minimum absolute atomic E-state index is 0.550. The summed E-state index contributed by atoms with van der Waals surface area (Å²) >= 11 is 0. The van der Waals surface area contributed by atoms with Crippen LogP contribution in [0, 0.1) is 5.92 Å². The summed E-state index contributed by atoms with van der Waals surface area (Å²) in [4.78, 5) is 0. The second-order valence-corrected chi connectivity index (χ2v) is 4.59. The maximum Gasteiger partial charge on any atom is 0.0587 e. The van der Waals surface area contributed by atoms with Crippen LogP contribution in [0.2, 0.25) is 0 Å². The van der Waals surface area contributed by atoms with Gasteiger partial charge in [0, 0.05) is 26.2 Å². The quantitative estimate of drug-likeness (QED) is 0.545. The maximum absolute atomic E-state index is 4.97. The van der Waals surface area contributed by atoms with Gasteiger partial charge in [-0.2, -0.15) is 0 Å². The van der Waals surface area contributed by atoms with E-state index in [1.54, 1.807) is 7.11 Å². The van der Waals surface area contributed by atoms with Gasteiger partial charge in [0.25, 0.3) is 0 Å². The lowest BCUT2D eigenvalue weighted by atomic mass is 10.1. The summed E-state index contributed by atoms with van der Waals surface area (Å²) in [5.41, 5.74) is 0. The second-order valence-electron chi connectivity index (χ2n) is 4.59. The van der Waals surface area contributed by atoms with E-state index < -0.39 is 0 Å². The number of rotatable bonds is 10. The summed E-state index contributed by atoms with van der Waals surface area (Å²) < 4.78 is 4.97. The fourth-order valence-corrected chi connectivity index (χ4v) is 1.42. The van der Waals surface area contributed by atoms with Crippen LogP contribution in [0.3, 0.4) is 0 Å². The van der Waals surface area contributed by atoms with Gasteiger partial charge in [-0.1, -0.05) is 13.8 Å². The van der Waals surface area contributed by atoms with E-state index in [2.05, 4.69) is 31.4 Å². The molecule has 0 radical (unpaired) electrons. The van der Waals surface area contributed by atoms with Crippen molar-refractivity contribution in [2.75, 3.05) is 33.4 Å². The van der Waals surface area contributed by atoms with Gasteiger partial charge in [-0.25, -0.2) is 0 Å². The molecular formula is C12H28N2O. The third-order valence-corrected chi connectivity index (χ3v) is 2.38. The van der Waals surface area contributed by atoms with Crippen molar-refractivity contribution in [2.45, 2.75) is 39.7 Å². The van der Waals surface area contributed by atoms with E-state index in [1.807, 2.05) is 0 Å². The molecule has 2 N–H and O–H groups in total. The Morgan fingerprint density at radius 3 is 2.47 bits per heavy atom. The molecule has 0 fully saturated rings. The van der Waals surface area contributed by atoms with E-state index in [0.29, 0.717) is 6.04 Å². The van der Waals surface area contributed by atoms with Crippen LogP contribution in [0.4, 0.5) is 0 Å². The Kier molecular flexibility index (Phi) is 10.3. The van der Waals surface area contributed by atoms with Gasteiger partial charge < -0.3 is 15.4 Å². The lowest BCUT2D eigenvalue weighted by Gasteiger charge is -2.14. The van der Waals surface area contributed by atoms with Crippen LogP contribution in [0.25, 0.3) is 0 Å². The molecule has 1 atom stereocenters. The molecule has 0 saturated heterocycles. The summed E-state index contributed by atoms with van der Waals surface area (Å²) in [5.74, 6) is 0.821. The minimum atomic E-state index is 0.550. The lowest BCUT2D eigenvalue weighted by molar-refractivity contribution is 0.198. The Morgan fingerprint density at radius 1 is 1.13 bits per heavy atom. The first kappa shape index (κ1) is 14.9. The molecule has 0 spiro atoms. The summed E-state index contributed by atoms with van der Waals surface area (Å²) in [6.07, 6.45) is 2.59. The molecule has 0 aliphatic heterocycles. The van der Waals surface area contributed by atoms with Crippen molar-refractivity contribution >= 4 is 0 Å². The molecule has 0 heterocycles. The van der Waals surface area contributed by atoms with E-state index in [1.165, 1.54) is 12.8 Å². The molecule has 15 heavy (non-hydrogen) atoms. The molecule has 3 nitrogen and oxygen atoms in total. The third-order valence-electron chi connectivity index (χ3n) is 2.38. The Labute approximate surface area is 95.0 Å². The molecule has 92 valence electrons. The van der Waals surface area contributed by atoms with Gasteiger partial charge in [-0.05, 0) is 32.2 Å². The SMILES string of the molecule is COCCNCC(C)NCCCC(C)C. The molecule has 0 aliphatic carbocycles. The predicted molar refractivity (Wildman–Crippen MR) is 66.3 cm³/mol. The van der Waals surface area contributed by atoms with Gasteiger partial charge in [0.2, 0.25) is 0 Å². The van der Waals surface area contributed by atoms with Crippen LogP contribution in [0.1, 0.15) is 33.6 Å². The zero-order chi connectivity index (χ0) is 11.5. The minimum Gasteiger partial charge on any atom is -0.383 e. The number of methoxy groups -OCH3 is 1. The van der Waals surface area contributed by atoms with Crippen molar-refractivity contribution in [3.63, 3.8) is 0 Å². The molecule has 0 aromatic carbocycles. The number of ether oxygens (including phenoxy) is 1. The highest BCUT2D eigenvalue weighted by Crippen LogP contribution is 2.01. The van der Waals surface area contributed by atoms with Crippen molar-refractivity contribution in [3.05, 3.63) is 0 Å². The Balaban J connectivity index is 3.15. The molecule has 1 unspecified atom stereocenters. The highest BCUT2D eigenvalue weighted by atomic mass is 16.5. The fourth-order valence-electron chi connectivity index (χ4n) is 1.42. The van der Waals surface area contributed by atoms with Crippen molar-refractivity contribution in [1.29, 1.82) is 0 Å². The monoisotopic (exact) mass is 216 g/mol. The van der Waals surface area contributed by atoms with Crippen molar-refractivity contribution in [2.24, 2.45) is 5.92 Å². The van der Waals surface area contributed by atoms with Gasteiger partial charge in [0.15, 0.2) is 0 Å². The lowest BCUT2D eigenvalue weighted by Crippen LogP contribution is -2.37. The standard InChI is InChI=1S/C12H28N2O/c1-11(2)6-5-7-14-12(3)10-13-8-9-15-4/h11-14H,5-10H2,1-4H3. The molecule has 0 amide bonds. The van der Waals surface area contributed by atoms with Crippen LogP contribution in [-0.4, -0.2) is 39.4 Å². The smallest absolute Gasteiger partial charge is 0.0587 e. The Hall–Kier alpha value is -0.120. The van der Waals surface area contributed by atoms with Crippen LogP contribution in [0.15, 0.2) is 0 Å². The van der Waals surface area contributed by atoms with Crippen molar-refractivity contribution in [3.8, 4) is 0 Å². The first-order valence-corrected chi connectivity index (χ1v) is 6.09. The van der Waals surface area contributed by atoms with Crippen LogP contribution in [-0.2, 0) is 4.74 Å². The third kappa shape index (κ3) is 11.8. The highest BCUT2D eigenvalue weighted by molar-refractivity contribution is 4.63. The largest absolute Gasteiger partial charge is 0.383 e. The molecule has 0 saturated carbocycles. The van der Waals surface area contributed by atoms with Gasteiger partial charge >= 0.3 is 0 Å². The molecular weight excluding hydrogens is 188 g/mol.